The molecule has 0 heterocycles. The largest absolute Gasteiger partial charge is 0.384 e. The lowest BCUT2D eigenvalue weighted by molar-refractivity contribution is 0.492. The SMILES string of the molecule is N=C(N)C1=C(S(=O)(=O)O)C(=N)CC=C1Cl. The number of hydrogen-bond acceptors (Lipinski definition) is 4. The van der Waals surface area contributed by atoms with Crippen LogP contribution in [0, 0.1) is 10.8 Å². The minimum absolute atomic E-state index is 0.0231. The second-order valence-electron chi connectivity index (χ2n) is 2.83. The summed E-state index contributed by atoms with van der Waals surface area (Å²) in [5, 5.41) is 14.5. The van der Waals surface area contributed by atoms with Gasteiger partial charge in [0.1, 0.15) is 10.7 Å². The van der Waals surface area contributed by atoms with E-state index in [9.17, 15) is 8.42 Å². The van der Waals surface area contributed by atoms with Crippen molar-refractivity contribution in [3.8, 4) is 0 Å². The molecule has 0 atom stereocenters. The van der Waals surface area contributed by atoms with Gasteiger partial charge < -0.3 is 11.1 Å². The summed E-state index contributed by atoms with van der Waals surface area (Å²) in [7, 11) is -4.59. The van der Waals surface area contributed by atoms with Gasteiger partial charge in [-0.1, -0.05) is 17.7 Å². The summed E-state index contributed by atoms with van der Waals surface area (Å²) < 4.78 is 30.8. The average molecular weight is 250 g/mol. The van der Waals surface area contributed by atoms with Gasteiger partial charge in [0.2, 0.25) is 0 Å². The lowest BCUT2D eigenvalue weighted by atomic mass is 10.0. The van der Waals surface area contributed by atoms with Crippen LogP contribution < -0.4 is 5.73 Å². The molecule has 8 heteroatoms. The van der Waals surface area contributed by atoms with E-state index in [0.717, 1.165) is 0 Å². The average Bonchev–Trinajstić information content (AvgIpc) is 2.05. The zero-order valence-electron chi connectivity index (χ0n) is 7.41. The van der Waals surface area contributed by atoms with Crippen molar-refractivity contribution in [1.82, 2.24) is 0 Å². The molecule has 0 unspecified atom stereocenters. The molecule has 0 bridgehead atoms. The Kier molecular flexibility index (Phi) is 2.98. The van der Waals surface area contributed by atoms with Gasteiger partial charge in [-0.05, 0) is 0 Å². The lowest BCUT2D eigenvalue weighted by Gasteiger charge is -2.16. The van der Waals surface area contributed by atoms with E-state index >= 15 is 0 Å². The molecule has 82 valence electrons. The Morgan fingerprint density at radius 3 is 2.47 bits per heavy atom. The summed E-state index contributed by atoms with van der Waals surface area (Å²) in [6.45, 7) is 0. The first-order valence-corrected chi connectivity index (χ1v) is 5.57. The fourth-order valence-electron chi connectivity index (χ4n) is 1.18. The van der Waals surface area contributed by atoms with E-state index < -0.39 is 20.9 Å². The highest BCUT2D eigenvalue weighted by Gasteiger charge is 2.29. The summed E-state index contributed by atoms with van der Waals surface area (Å²) in [4.78, 5) is -0.692. The predicted octanol–water partition coefficient (Wildman–Crippen LogP) is 0.610. The predicted molar refractivity (Wildman–Crippen MR) is 56.8 cm³/mol. The highest BCUT2D eigenvalue weighted by molar-refractivity contribution is 7.91. The van der Waals surface area contributed by atoms with E-state index in [4.69, 9.17) is 32.7 Å². The number of amidine groups is 1. The van der Waals surface area contributed by atoms with E-state index in [-0.39, 0.29) is 22.7 Å². The molecule has 15 heavy (non-hydrogen) atoms. The monoisotopic (exact) mass is 249 g/mol. The van der Waals surface area contributed by atoms with Crippen LogP contribution in [0.25, 0.3) is 0 Å². The number of nitrogens with one attached hydrogen (secondary N) is 2. The van der Waals surface area contributed by atoms with Crippen molar-refractivity contribution < 1.29 is 13.0 Å². The van der Waals surface area contributed by atoms with Crippen molar-refractivity contribution in [2.75, 3.05) is 0 Å². The molecule has 0 radical (unpaired) electrons. The Labute approximate surface area is 91.2 Å². The summed E-state index contributed by atoms with van der Waals surface area (Å²) in [6.07, 6.45) is 1.33. The molecule has 1 aliphatic rings. The van der Waals surface area contributed by atoms with E-state index in [1.807, 2.05) is 0 Å². The summed E-state index contributed by atoms with van der Waals surface area (Å²) in [5.41, 5.74) is 4.47. The smallest absolute Gasteiger partial charge is 0.297 e. The quantitative estimate of drug-likeness (QED) is 0.325. The van der Waals surface area contributed by atoms with Crippen LogP contribution >= 0.6 is 11.6 Å². The van der Waals surface area contributed by atoms with Gasteiger partial charge in [-0.2, -0.15) is 8.42 Å². The van der Waals surface area contributed by atoms with Crippen LogP contribution in [0.1, 0.15) is 6.42 Å². The van der Waals surface area contributed by atoms with Crippen molar-refractivity contribution in [3.63, 3.8) is 0 Å². The van der Waals surface area contributed by atoms with Gasteiger partial charge in [0.05, 0.1) is 11.3 Å². The van der Waals surface area contributed by atoms with Crippen LogP contribution in [0.4, 0.5) is 0 Å². The Hall–Kier alpha value is -1.18. The molecular formula is C7H8ClN3O3S. The second-order valence-corrected chi connectivity index (χ2v) is 4.59. The third-order valence-corrected chi connectivity index (χ3v) is 3.06. The van der Waals surface area contributed by atoms with Crippen molar-refractivity contribution in [2.45, 2.75) is 6.42 Å². The summed E-state index contributed by atoms with van der Waals surface area (Å²) >= 11 is 5.65. The van der Waals surface area contributed by atoms with E-state index in [2.05, 4.69) is 0 Å². The molecule has 1 rings (SSSR count). The Balaban J connectivity index is 3.59. The fraction of sp³-hybridized carbons (Fsp3) is 0.143. The van der Waals surface area contributed by atoms with Crippen LogP contribution in [0.3, 0.4) is 0 Å². The van der Waals surface area contributed by atoms with Gasteiger partial charge in [-0.15, -0.1) is 0 Å². The second kappa shape index (κ2) is 3.76. The molecule has 0 aliphatic heterocycles. The Morgan fingerprint density at radius 2 is 2.13 bits per heavy atom. The molecule has 0 amide bonds. The summed E-state index contributed by atoms with van der Waals surface area (Å²) in [5.74, 6) is -0.603. The van der Waals surface area contributed by atoms with Crippen molar-refractivity contribution >= 4 is 33.3 Å². The number of nitrogens with two attached hydrogens (primary N) is 1. The molecule has 5 N–H and O–H groups in total. The minimum Gasteiger partial charge on any atom is -0.384 e. The molecule has 0 fully saturated rings. The van der Waals surface area contributed by atoms with E-state index in [1.165, 1.54) is 6.08 Å². The molecule has 6 nitrogen and oxygen atoms in total. The molecular weight excluding hydrogens is 242 g/mol. The molecule has 0 aromatic carbocycles. The zero-order chi connectivity index (χ0) is 11.8. The number of hydrogen-bond donors (Lipinski definition) is 4. The zero-order valence-corrected chi connectivity index (χ0v) is 8.98. The first-order chi connectivity index (χ1) is 6.75. The maximum atomic E-state index is 11.0. The minimum atomic E-state index is -4.59. The fourth-order valence-corrected chi connectivity index (χ4v) is 2.38. The Bertz CT molecular complexity index is 504. The standard InChI is InChI=1S/C7H8ClN3O3S/c8-3-1-2-4(9)6(15(12,13)14)5(3)7(10)11/h1,9H,2H2,(H3,10,11)(H,12,13,14). The maximum absolute atomic E-state index is 11.0. The van der Waals surface area contributed by atoms with Crippen LogP contribution in [-0.2, 0) is 10.1 Å². The molecule has 0 saturated carbocycles. The third-order valence-electron chi connectivity index (χ3n) is 1.75. The third kappa shape index (κ3) is 2.25. The van der Waals surface area contributed by atoms with Crippen LogP contribution in [-0.4, -0.2) is 24.5 Å². The first kappa shape index (κ1) is 11.9. The normalized spacial score (nSPS) is 17.7. The van der Waals surface area contributed by atoms with Gasteiger partial charge in [-0.25, -0.2) is 0 Å². The maximum Gasteiger partial charge on any atom is 0.297 e. The van der Waals surface area contributed by atoms with Gasteiger partial charge in [-0.3, -0.25) is 9.96 Å². The van der Waals surface area contributed by atoms with Crippen molar-refractivity contribution in [1.29, 1.82) is 10.8 Å². The first-order valence-electron chi connectivity index (χ1n) is 3.75. The van der Waals surface area contributed by atoms with Crippen molar-refractivity contribution in [3.05, 3.63) is 21.6 Å². The van der Waals surface area contributed by atoms with Crippen LogP contribution in [0.2, 0.25) is 0 Å². The number of allylic oxidation sites excluding steroid dienone is 2. The topological polar surface area (TPSA) is 128 Å². The van der Waals surface area contributed by atoms with Crippen LogP contribution in [0.5, 0.6) is 0 Å². The molecule has 1 aliphatic carbocycles. The van der Waals surface area contributed by atoms with Crippen LogP contribution in [0.15, 0.2) is 21.6 Å². The van der Waals surface area contributed by atoms with E-state index in [1.54, 1.807) is 0 Å². The van der Waals surface area contributed by atoms with E-state index in [0.29, 0.717) is 0 Å². The number of rotatable bonds is 2. The highest BCUT2D eigenvalue weighted by Crippen LogP contribution is 2.28. The molecule has 0 aromatic heterocycles. The number of halogens is 1. The molecule has 0 aromatic rings. The van der Waals surface area contributed by atoms with Gasteiger partial charge in [0.25, 0.3) is 10.1 Å². The van der Waals surface area contributed by atoms with Crippen molar-refractivity contribution in [2.24, 2.45) is 5.73 Å². The molecule has 0 saturated heterocycles. The Morgan fingerprint density at radius 1 is 1.60 bits per heavy atom. The highest BCUT2D eigenvalue weighted by atomic mass is 35.5. The van der Waals surface area contributed by atoms with Gasteiger partial charge >= 0.3 is 0 Å². The lowest BCUT2D eigenvalue weighted by Crippen LogP contribution is -2.25. The molecule has 0 spiro atoms. The van der Waals surface area contributed by atoms with Gasteiger partial charge in [0, 0.05) is 11.5 Å². The van der Waals surface area contributed by atoms with Gasteiger partial charge in [0.15, 0.2) is 0 Å². The summed E-state index contributed by atoms with van der Waals surface area (Å²) in [6, 6.07) is 0.